The molecule has 1 aromatic rings. The van der Waals surface area contributed by atoms with Gasteiger partial charge in [0.1, 0.15) is 10.7 Å². The molecule has 0 atom stereocenters. The van der Waals surface area contributed by atoms with Crippen LogP contribution in [0.2, 0.25) is 0 Å². The van der Waals surface area contributed by atoms with Gasteiger partial charge < -0.3 is 20.9 Å². The van der Waals surface area contributed by atoms with Crippen LogP contribution in [-0.4, -0.2) is 55.6 Å². The SMILES string of the molecule is CCCCN(C)C(=O)c1sc(N2CCNCC2)nc1N. The number of thiazole rings is 1. The first-order valence-electron chi connectivity index (χ1n) is 7.11. The summed E-state index contributed by atoms with van der Waals surface area (Å²) in [4.78, 5) is 21.2. The van der Waals surface area contributed by atoms with E-state index in [0.29, 0.717) is 10.7 Å². The number of hydrogen-bond acceptors (Lipinski definition) is 6. The average Bonchev–Trinajstić information content (AvgIpc) is 2.87. The van der Waals surface area contributed by atoms with E-state index >= 15 is 0 Å². The number of rotatable bonds is 5. The van der Waals surface area contributed by atoms with Crippen molar-refractivity contribution in [2.45, 2.75) is 19.8 Å². The number of aromatic nitrogens is 1. The quantitative estimate of drug-likeness (QED) is 0.848. The first kappa shape index (κ1) is 15.1. The number of amides is 1. The summed E-state index contributed by atoms with van der Waals surface area (Å²) in [7, 11) is 1.82. The molecule has 112 valence electrons. The summed E-state index contributed by atoms with van der Waals surface area (Å²) < 4.78 is 0. The monoisotopic (exact) mass is 297 g/mol. The maximum atomic E-state index is 12.4. The molecular weight excluding hydrogens is 274 g/mol. The molecule has 7 heteroatoms. The topological polar surface area (TPSA) is 74.5 Å². The molecule has 2 heterocycles. The lowest BCUT2D eigenvalue weighted by atomic mass is 10.3. The van der Waals surface area contributed by atoms with Gasteiger partial charge in [-0.05, 0) is 6.42 Å². The second-order valence-corrected chi connectivity index (χ2v) is 6.01. The van der Waals surface area contributed by atoms with Gasteiger partial charge in [-0.15, -0.1) is 0 Å². The average molecular weight is 297 g/mol. The maximum Gasteiger partial charge on any atom is 0.267 e. The van der Waals surface area contributed by atoms with E-state index in [1.807, 2.05) is 7.05 Å². The molecule has 0 spiro atoms. The molecule has 1 aromatic heterocycles. The zero-order valence-electron chi connectivity index (χ0n) is 12.2. The third kappa shape index (κ3) is 3.40. The molecule has 0 aliphatic carbocycles. The molecule has 3 N–H and O–H groups in total. The Kier molecular flexibility index (Phi) is 5.19. The fraction of sp³-hybridized carbons (Fsp3) is 0.692. The van der Waals surface area contributed by atoms with Gasteiger partial charge in [0.2, 0.25) is 0 Å². The highest BCUT2D eigenvalue weighted by atomic mass is 32.1. The van der Waals surface area contributed by atoms with Gasteiger partial charge in [0.15, 0.2) is 5.13 Å². The normalized spacial score (nSPS) is 15.4. The third-order valence-electron chi connectivity index (χ3n) is 3.42. The Bertz CT molecular complexity index is 456. The van der Waals surface area contributed by atoms with Crippen LogP contribution in [0, 0.1) is 0 Å². The van der Waals surface area contributed by atoms with Crippen LogP contribution in [0.5, 0.6) is 0 Å². The lowest BCUT2D eigenvalue weighted by Crippen LogP contribution is -2.43. The van der Waals surface area contributed by atoms with Gasteiger partial charge in [-0.1, -0.05) is 24.7 Å². The predicted molar refractivity (Wildman–Crippen MR) is 83.5 cm³/mol. The van der Waals surface area contributed by atoms with Crippen molar-refractivity contribution < 1.29 is 4.79 Å². The minimum absolute atomic E-state index is 0.0187. The van der Waals surface area contributed by atoms with Gasteiger partial charge in [-0.25, -0.2) is 4.98 Å². The first-order valence-corrected chi connectivity index (χ1v) is 7.92. The van der Waals surface area contributed by atoms with Crippen molar-refractivity contribution in [3.05, 3.63) is 4.88 Å². The fourth-order valence-electron chi connectivity index (χ4n) is 2.13. The van der Waals surface area contributed by atoms with Gasteiger partial charge in [-0.2, -0.15) is 0 Å². The van der Waals surface area contributed by atoms with E-state index in [2.05, 4.69) is 22.1 Å². The number of nitrogen functional groups attached to an aromatic ring is 1. The number of nitrogens with one attached hydrogen (secondary N) is 1. The number of carbonyl (C=O) groups is 1. The molecule has 20 heavy (non-hydrogen) atoms. The predicted octanol–water partition coefficient (Wildman–Crippen LogP) is 1.01. The molecule has 1 amide bonds. The van der Waals surface area contributed by atoms with E-state index in [-0.39, 0.29) is 5.91 Å². The molecule has 2 rings (SSSR count). The lowest BCUT2D eigenvalue weighted by molar-refractivity contribution is 0.0799. The highest BCUT2D eigenvalue weighted by Gasteiger charge is 2.22. The Morgan fingerprint density at radius 1 is 1.50 bits per heavy atom. The molecule has 1 fully saturated rings. The Labute approximate surface area is 124 Å². The van der Waals surface area contributed by atoms with Crippen molar-refractivity contribution in [2.24, 2.45) is 0 Å². The number of carbonyl (C=O) groups excluding carboxylic acids is 1. The number of hydrogen-bond donors (Lipinski definition) is 2. The third-order valence-corrected chi connectivity index (χ3v) is 4.54. The van der Waals surface area contributed by atoms with Crippen LogP contribution in [0.1, 0.15) is 29.4 Å². The minimum Gasteiger partial charge on any atom is -0.382 e. The molecule has 1 aliphatic heterocycles. The Hall–Kier alpha value is -1.34. The molecule has 1 saturated heterocycles. The summed E-state index contributed by atoms with van der Waals surface area (Å²) in [6.45, 7) is 6.58. The smallest absolute Gasteiger partial charge is 0.267 e. The molecule has 0 unspecified atom stereocenters. The van der Waals surface area contributed by atoms with E-state index in [1.54, 1.807) is 4.90 Å². The van der Waals surface area contributed by atoms with Crippen molar-refractivity contribution in [1.29, 1.82) is 0 Å². The van der Waals surface area contributed by atoms with E-state index in [9.17, 15) is 4.79 Å². The Morgan fingerprint density at radius 2 is 2.20 bits per heavy atom. The fourth-order valence-corrected chi connectivity index (χ4v) is 3.17. The van der Waals surface area contributed by atoms with Crippen LogP contribution >= 0.6 is 11.3 Å². The zero-order chi connectivity index (χ0) is 14.5. The maximum absolute atomic E-state index is 12.4. The van der Waals surface area contributed by atoms with Crippen LogP contribution in [0.4, 0.5) is 10.9 Å². The lowest BCUT2D eigenvalue weighted by Gasteiger charge is -2.26. The summed E-state index contributed by atoms with van der Waals surface area (Å²) >= 11 is 1.41. The molecule has 1 aliphatic rings. The number of piperazine rings is 1. The second kappa shape index (κ2) is 6.90. The summed E-state index contributed by atoms with van der Waals surface area (Å²) in [6, 6.07) is 0. The Balaban J connectivity index is 2.08. The van der Waals surface area contributed by atoms with E-state index in [0.717, 1.165) is 50.7 Å². The van der Waals surface area contributed by atoms with Crippen LogP contribution in [0.3, 0.4) is 0 Å². The van der Waals surface area contributed by atoms with Crippen molar-refractivity contribution in [3.8, 4) is 0 Å². The highest BCUT2D eigenvalue weighted by Crippen LogP contribution is 2.29. The summed E-state index contributed by atoms with van der Waals surface area (Å²) in [5.41, 5.74) is 5.92. The van der Waals surface area contributed by atoms with Crippen LogP contribution in [0.15, 0.2) is 0 Å². The van der Waals surface area contributed by atoms with Gasteiger partial charge in [-0.3, -0.25) is 4.79 Å². The van der Waals surface area contributed by atoms with Gasteiger partial charge in [0.25, 0.3) is 5.91 Å². The number of nitrogens with two attached hydrogens (primary N) is 1. The molecule has 0 radical (unpaired) electrons. The standard InChI is InChI=1S/C13H23N5OS/c1-3-4-7-17(2)12(19)10-11(14)16-13(20-10)18-8-5-15-6-9-18/h15H,3-9,14H2,1-2H3. The van der Waals surface area contributed by atoms with Crippen molar-refractivity contribution in [1.82, 2.24) is 15.2 Å². The van der Waals surface area contributed by atoms with Crippen molar-refractivity contribution >= 4 is 28.2 Å². The Morgan fingerprint density at radius 3 is 2.85 bits per heavy atom. The van der Waals surface area contributed by atoms with Gasteiger partial charge >= 0.3 is 0 Å². The van der Waals surface area contributed by atoms with E-state index in [1.165, 1.54) is 11.3 Å². The number of nitrogens with zero attached hydrogens (tertiary/aromatic N) is 3. The van der Waals surface area contributed by atoms with E-state index in [4.69, 9.17) is 5.73 Å². The van der Waals surface area contributed by atoms with Gasteiger partial charge in [0.05, 0.1) is 0 Å². The molecule has 6 nitrogen and oxygen atoms in total. The largest absolute Gasteiger partial charge is 0.382 e. The molecule has 0 aromatic carbocycles. The molecule has 0 saturated carbocycles. The highest BCUT2D eigenvalue weighted by molar-refractivity contribution is 7.18. The minimum atomic E-state index is -0.0187. The van der Waals surface area contributed by atoms with Crippen molar-refractivity contribution in [3.63, 3.8) is 0 Å². The number of unbranched alkanes of at least 4 members (excludes halogenated alkanes) is 1. The second-order valence-electron chi connectivity index (χ2n) is 5.03. The van der Waals surface area contributed by atoms with Gasteiger partial charge in [0, 0.05) is 39.8 Å². The van der Waals surface area contributed by atoms with Crippen LogP contribution < -0.4 is 16.0 Å². The summed E-state index contributed by atoms with van der Waals surface area (Å²) in [6.07, 6.45) is 2.08. The first-order chi connectivity index (χ1) is 9.63. The zero-order valence-corrected chi connectivity index (χ0v) is 13.0. The number of anilines is 2. The van der Waals surface area contributed by atoms with E-state index < -0.39 is 0 Å². The summed E-state index contributed by atoms with van der Waals surface area (Å²) in [5.74, 6) is 0.340. The van der Waals surface area contributed by atoms with Crippen LogP contribution in [0.25, 0.3) is 0 Å². The molecular formula is C13H23N5OS. The van der Waals surface area contributed by atoms with Crippen molar-refractivity contribution in [2.75, 3.05) is 50.4 Å². The molecule has 0 bridgehead atoms. The summed E-state index contributed by atoms with van der Waals surface area (Å²) in [5, 5.41) is 4.16. The van der Waals surface area contributed by atoms with Crippen LogP contribution in [-0.2, 0) is 0 Å².